The van der Waals surface area contributed by atoms with Gasteiger partial charge < -0.3 is 19.3 Å². The van der Waals surface area contributed by atoms with Gasteiger partial charge in [-0.05, 0) is 19.1 Å². The standard InChI is InChI=1S/C12H15NO7/c1-12(15,11(14)19-3)7-20-10-5-4-8(18-2)6-9(10)13(16)17/h4-6,15H,7H2,1-3H3. The summed E-state index contributed by atoms with van der Waals surface area (Å²) in [6, 6.07) is 3.97. The van der Waals surface area contributed by atoms with Gasteiger partial charge in [0.2, 0.25) is 0 Å². The first-order chi connectivity index (χ1) is 9.31. The maximum Gasteiger partial charge on any atom is 0.341 e. The molecule has 0 spiro atoms. The summed E-state index contributed by atoms with van der Waals surface area (Å²) in [4.78, 5) is 21.5. The third-order valence-corrected chi connectivity index (χ3v) is 2.50. The number of nitro benzene ring substituents is 1. The molecule has 0 aliphatic heterocycles. The van der Waals surface area contributed by atoms with Gasteiger partial charge in [-0.3, -0.25) is 10.1 Å². The number of hydrogen-bond donors (Lipinski definition) is 1. The molecule has 1 rings (SSSR count). The van der Waals surface area contributed by atoms with Gasteiger partial charge in [-0.25, -0.2) is 4.79 Å². The number of carbonyl (C=O) groups excluding carboxylic acids is 1. The summed E-state index contributed by atoms with van der Waals surface area (Å²) in [5.41, 5.74) is -2.23. The minimum Gasteiger partial charge on any atom is -0.496 e. The van der Waals surface area contributed by atoms with Gasteiger partial charge in [0, 0.05) is 0 Å². The van der Waals surface area contributed by atoms with Crippen LogP contribution in [-0.2, 0) is 9.53 Å². The third kappa shape index (κ3) is 3.58. The Morgan fingerprint density at radius 3 is 2.60 bits per heavy atom. The normalized spacial score (nSPS) is 13.2. The number of carbonyl (C=O) groups is 1. The molecule has 0 heterocycles. The van der Waals surface area contributed by atoms with Crippen molar-refractivity contribution in [1.29, 1.82) is 0 Å². The topological polar surface area (TPSA) is 108 Å². The van der Waals surface area contributed by atoms with Crippen LogP contribution in [0.5, 0.6) is 11.5 Å². The average Bonchev–Trinajstić information content (AvgIpc) is 2.43. The Balaban J connectivity index is 2.93. The van der Waals surface area contributed by atoms with Gasteiger partial charge >= 0.3 is 11.7 Å². The van der Waals surface area contributed by atoms with Gasteiger partial charge in [-0.1, -0.05) is 0 Å². The number of rotatable bonds is 6. The quantitative estimate of drug-likeness (QED) is 0.470. The van der Waals surface area contributed by atoms with Crippen molar-refractivity contribution in [3.63, 3.8) is 0 Å². The average molecular weight is 285 g/mol. The van der Waals surface area contributed by atoms with Gasteiger partial charge in [0.05, 0.1) is 25.2 Å². The highest BCUT2D eigenvalue weighted by Gasteiger charge is 2.33. The van der Waals surface area contributed by atoms with Gasteiger partial charge in [-0.2, -0.15) is 0 Å². The van der Waals surface area contributed by atoms with Crippen LogP contribution < -0.4 is 9.47 Å². The van der Waals surface area contributed by atoms with E-state index in [1.165, 1.54) is 32.2 Å². The maximum absolute atomic E-state index is 11.3. The number of ether oxygens (including phenoxy) is 3. The van der Waals surface area contributed by atoms with Crippen molar-refractivity contribution in [3.8, 4) is 11.5 Å². The Morgan fingerprint density at radius 2 is 2.10 bits per heavy atom. The smallest absolute Gasteiger partial charge is 0.341 e. The number of aliphatic hydroxyl groups is 1. The Labute approximate surface area is 115 Å². The van der Waals surface area contributed by atoms with Gasteiger partial charge in [0.15, 0.2) is 11.4 Å². The largest absolute Gasteiger partial charge is 0.496 e. The first-order valence-corrected chi connectivity index (χ1v) is 5.58. The molecule has 1 atom stereocenters. The van der Waals surface area contributed by atoms with Crippen LogP contribution in [0.25, 0.3) is 0 Å². The van der Waals surface area contributed by atoms with Gasteiger partial charge in [0.1, 0.15) is 12.4 Å². The van der Waals surface area contributed by atoms with E-state index in [9.17, 15) is 20.0 Å². The SMILES string of the molecule is COC(=O)C(C)(O)COc1ccc(OC)cc1[N+](=O)[O-]. The van der Waals surface area contributed by atoms with Crippen LogP contribution in [-0.4, -0.2) is 42.4 Å². The molecule has 0 radical (unpaired) electrons. The zero-order valence-corrected chi connectivity index (χ0v) is 11.3. The lowest BCUT2D eigenvalue weighted by molar-refractivity contribution is -0.386. The number of nitro groups is 1. The van der Waals surface area contributed by atoms with E-state index in [0.29, 0.717) is 5.75 Å². The van der Waals surface area contributed by atoms with Crippen molar-refractivity contribution in [3.05, 3.63) is 28.3 Å². The molecule has 8 nitrogen and oxygen atoms in total. The molecular formula is C12H15NO7. The van der Waals surface area contributed by atoms with Crippen molar-refractivity contribution in [1.82, 2.24) is 0 Å². The molecule has 8 heteroatoms. The Bertz CT molecular complexity index is 513. The van der Waals surface area contributed by atoms with Crippen LogP contribution in [0, 0.1) is 10.1 Å². The van der Waals surface area contributed by atoms with Gasteiger partial charge in [0.25, 0.3) is 0 Å². The second kappa shape index (κ2) is 6.20. The van der Waals surface area contributed by atoms with E-state index in [2.05, 4.69) is 4.74 Å². The minimum atomic E-state index is -1.90. The van der Waals surface area contributed by atoms with Crippen molar-refractivity contribution < 1.29 is 29.0 Å². The zero-order valence-electron chi connectivity index (χ0n) is 11.3. The fourth-order valence-electron chi connectivity index (χ4n) is 1.39. The molecule has 0 aliphatic rings. The summed E-state index contributed by atoms with van der Waals surface area (Å²) in [5.74, 6) is -0.683. The number of benzene rings is 1. The fourth-order valence-corrected chi connectivity index (χ4v) is 1.39. The minimum absolute atomic E-state index is 0.0834. The molecule has 20 heavy (non-hydrogen) atoms. The number of nitrogens with zero attached hydrogens (tertiary/aromatic N) is 1. The van der Waals surface area contributed by atoms with Crippen LogP contribution in [0.15, 0.2) is 18.2 Å². The molecule has 1 aromatic rings. The first kappa shape index (κ1) is 15.7. The van der Waals surface area contributed by atoms with E-state index < -0.39 is 23.1 Å². The molecule has 110 valence electrons. The zero-order chi connectivity index (χ0) is 15.3. The number of hydrogen-bond acceptors (Lipinski definition) is 7. The maximum atomic E-state index is 11.3. The van der Waals surface area contributed by atoms with Crippen molar-refractivity contribution >= 4 is 11.7 Å². The Morgan fingerprint density at radius 1 is 1.45 bits per heavy atom. The predicted molar refractivity (Wildman–Crippen MR) is 67.8 cm³/mol. The van der Waals surface area contributed by atoms with Crippen LogP contribution in [0.4, 0.5) is 5.69 Å². The molecule has 0 bridgehead atoms. The summed E-state index contributed by atoms with van der Waals surface area (Å²) < 4.78 is 14.4. The van der Waals surface area contributed by atoms with E-state index >= 15 is 0 Å². The summed E-state index contributed by atoms with van der Waals surface area (Å²) in [5, 5.41) is 20.7. The molecule has 1 aromatic carbocycles. The summed E-state index contributed by atoms with van der Waals surface area (Å²) in [6.45, 7) is 0.709. The van der Waals surface area contributed by atoms with E-state index in [1.807, 2.05) is 0 Å². The lowest BCUT2D eigenvalue weighted by atomic mass is 10.1. The number of methoxy groups -OCH3 is 2. The lowest BCUT2D eigenvalue weighted by Gasteiger charge is -2.20. The van der Waals surface area contributed by atoms with Crippen molar-refractivity contribution in [2.24, 2.45) is 0 Å². The molecule has 0 saturated heterocycles. The fraction of sp³-hybridized carbons (Fsp3) is 0.417. The molecule has 0 saturated carbocycles. The summed E-state index contributed by atoms with van der Waals surface area (Å²) >= 11 is 0. The second-order valence-corrected chi connectivity index (χ2v) is 4.14. The second-order valence-electron chi connectivity index (χ2n) is 4.14. The van der Waals surface area contributed by atoms with Crippen molar-refractivity contribution in [2.45, 2.75) is 12.5 Å². The van der Waals surface area contributed by atoms with E-state index in [-0.39, 0.29) is 11.4 Å². The highest BCUT2D eigenvalue weighted by Crippen LogP contribution is 2.31. The summed E-state index contributed by atoms with van der Waals surface area (Å²) in [7, 11) is 2.49. The molecular weight excluding hydrogens is 270 g/mol. The van der Waals surface area contributed by atoms with Crippen LogP contribution in [0.2, 0.25) is 0 Å². The van der Waals surface area contributed by atoms with Crippen LogP contribution in [0.1, 0.15) is 6.92 Å². The molecule has 0 amide bonds. The van der Waals surface area contributed by atoms with E-state index in [4.69, 9.17) is 9.47 Å². The van der Waals surface area contributed by atoms with Crippen LogP contribution in [0.3, 0.4) is 0 Å². The molecule has 1 unspecified atom stereocenters. The van der Waals surface area contributed by atoms with Crippen LogP contribution >= 0.6 is 0 Å². The van der Waals surface area contributed by atoms with Crippen molar-refractivity contribution in [2.75, 3.05) is 20.8 Å². The molecule has 1 N–H and O–H groups in total. The van der Waals surface area contributed by atoms with Gasteiger partial charge in [-0.15, -0.1) is 0 Å². The van der Waals surface area contributed by atoms with E-state index in [1.54, 1.807) is 0 Å². The summed E-state index contributed by atoms with van der Waals surface area (Å²) in [6.07, 6.45) is 0. The Kier molecular flexibility index (Phi) is 4.87. The monoisotopic (exact) mass is 285 g/mol. The third-order valence-electron chi connectivity index (χ3n) is 2.50. The highest BCUT2D eigenvalue weighted by atomic mass is 16.6. The molecule has 0 aliphatic carbocycles. The number of esters is 1. The first-order valence-electron chi connectivity index (χ1n) is 5.58. The molecule has 0 fully saturated rings. The molecule has 0 aromatic heterocycles. The van der Waals surface area contributed by atoms with E-state index in [0.717, 1.165) is 7.11 Å². The Hall–Kier alpha value is -2.35. The highest BCUT2D eigenvalue weighted by molar-refractivity contribution is 5.78. The predicted octanol–water partition coefficient (Wildman–Crippen LogP) is 0.906. The lowest BCUT2D eigenvalue weighted by Crippen LogP contribution is -2.42.